The first kappa shape index (κ1) is 19.5. The lowest BCUT2D eigenvalue weighted by Crippen LogP contribution is -2.42. The van der Waals surface area contributed by atoms with Crippen molar-refractivity contribution in [2.24, 2.45) is 13.0 Å². The highest BCUT2D eigenvalue weighted by Gasteiger charge is 2.24. The Balaban J connectivity index is 1.51. The molecule has 2 heterocycles. The highest BCUT2D eigenvalue weighted by atomic mass is 19.1. The first-order valence-corrected chi connectivity index (χ1v) is 9.66. The van der Waals surface area contributed by atoms with Gasteiger partial charge in [0.1, 0.15) is 5.82 Å². The van der Waals surface area contributed by atoms with Gasteiger partial charge in [0.2, 0.25) is 0 Å². The predicted molar refractivity (Wildman–Crippen MR) is 104 cm³/mol. The Morgan fingerprint density at radius 1 is 1.37 bits per heavy atom. The fraction of sp³-hybridized carbons (Fsp3) is 0.524. The van der Waals surface area contributed by atoms with E-state index in [-0.39, 0.29) is 11.7 Å². The SMILES string of the molecule is Cc1cc(C(=O)N(C)CC2CCCN(CCc3ccccc3F)C2)nn1C. The molecule has 0 radical (unpaired) electrons. The Hall–Kier alpha value is -2.21. The standard InChI is InChI=1S/C21H29FN4O/c1-16-13-20(23-25(16)3)21(27)24(2)14-17-7-6-11-26(15-17)12-10-18-8-4-5-9-19(18)22/h4-5,8-9,13,17H,6-7,10-12,14-15H2,1-3H3. The Labute approximate surface area is 160 Å². The molecule has 1 unspecified atom stereocenters. The van der Waals surface area contributed by atoms with Crippen LogP contribution in [0.2, 0.25) is 0 Å². The van der Waals surface area contributed by atoms with Gasteiger partial charge in [-0.1, -0.05) is 18.2 Å². The maximum Gasteiger partial charge on any atom is 0.274 e. The zero-order chi connectivity index (χ0) is 19.4. The number of halogens is 1. The highest BCUT2D eigenvalue weighted by molar-refractivity contribution is 5.92. The van der Waals surface area contributed by atoms with Crippen LogP contribution in [0, 0.1) is 18.7 Å². The molecule has 5 nitrogen and oxygen atoms in total. The van der Waals surface area contributed by atoms with E-state index in [1.807, 2.05) is 39.2 Å². The number of rotatable bonds is 6. The van der Waals surface area contributed by atoms with E-state index in [2.05, 4.69) is 10.00 Å². The molecule has 0 bridgehead atoms. The van der Waals surface area contributed by atoms with E-state index < -0.39 is 0 Å². The summed E-state index contributed by atoms with van der Waals surface area (Å²) in [6, 6.07) is 8.83. The van der Waals surface area contributed by atoms with Crippen LogP contribution in [0.15, 0.2) is 30.3 Å². The fourth-order valence-corrected chi connectivity index (χ4v) is 3.81. The lowest BCUT2D eigenvalue weighted by Gasteiger charge is -2.34. The predicted octanol–water partition coefficient (Wildman–Crippen LogP) is 2.89. The second-order valence-electron chi connectivity index (χ2n) is 7.63. The van der Waals surface area contributed by atoms with Gasteiger partial charge in [-0.05, 0) is 56.3 Å². The second-order valence-corrected chi connectivity index (χ2v) is 7.63. The molecule has 0 N–H and O–H groups in total. The largest absolute Gasteiger partial charge is 0.340 e. The molecule has 1 amide bonds. The van der Waals surface area contributed by atoms with Gasteiger partial charge in [0.25, 0.3) is 5.91 Å². The average Bonchev–Trinajstić information content (AvgIpc) is 2.99. The first-order chi connectivity index (χ1) is 12.9. The third-order valence-electron chi connectivity index (χ3n) is 5.47. The summed E-state index contributed by atoms with van der Waals surface area (Å²) in [5.41, 5.74) is 2.26. The Morgan fingerprint density at radius 3 is 2.85 bits per heavy atom. The van der Waals surface area contributed by atoms with E-state index in [0.717, 1.165) is 56.7 Å². The average molecular weight is 372 g/mol. The Morgan fingerprint density at radius 2 is 2.15 bits per heavy atom. The number of hydrogen-bond donors (Lipinski definition) is 0. The molecule has 146 valence electrons. The Bertz CT molecular complexity index is 769. The fourth-order valence-electron chi connectivity index (χ4n) is 3.81. The summed E-state index contributed by atoms with van der Waals surface area (Å²) in [6.45, 7) is 5.52. The zero-order valence-electron chi connectivity index (χ0n) is 16.5. The molecule has 1 fully saturated rings. The molecule has 0 saturated carbocycles. The summed E-state index contributed by atoms with van der Waals surface area (Å²) in [6.07, 6.45) is 2.96. The second kappa shape index (κ2) is 8.65. The normalized spacial score (nSPS) is 17.9. The van der Waals surface area contributed by atoms with Gasteiger partial charge in [-0.15, -0.1) is 0 Å². The summed E-state index contributed by atoms with van der Waals surface area (Å²) in [5.74, 6) is 0.294. The highest BCUT2D eigenvalue weighted by Crippen LogP contribution is 2.19. The molecular formula is C21H29FN4O. The molecule has 0 spiro atoms. The number of amides is 1. The third kappa shape index (κ3) is 4.95. The van der Waals surface area contributed by atoms with Gasteiger partial charge in [-0.3, -0.25) is 9.48 Å². The molecule has 1 saturated heterocycles. The molecule has 0 aliphatic carbocycles. The third-order valence-corrected chi connectivity index (χ3v) is 5.47. The minimum atomic E-state index is -0.123. The molecule has 6 heteroatoms. The minimum absolute atomic E-state index is 0.0258. The van der Waals surface area contributed by atoms with E-state index in [1.165, 1.54) is 6.07 Å². The molecule has 1 atom stereocenters. The van der Waals surface area contributed by atoms with E-state index in [0.29, 0.717) is 11.6 Å². The first-order valence-electron chi connectivity index (χ1n) is 9.66. The Kier molecular flexibility index (Phi) is 6.26. The van der Waals surface area contributed by atoms with Crippen LogP contribution in [0.25, 0.3) is 0 Å². The van der Waals surface area contributed by atoms with Crippen molar-refractivity contribution in [2.75, 3.05) is 33.2 Å². The molecule has 27 heavy (non-hydrogen) atoms. The number of carbonyl (C=O) groups excluding carboxylic acids is 1. The van der Waals surface area contributed by atoms with Crippen LogP contribution in [-0.2, 0) is 13.5 Å². The lowest BCUT2D eigenvalue weighted by atomic mass is 9.97. The van der Waals surface area contributed by atoms with Crippen LogP contribution >= 0.6 is 0 Å². The summed E-state index contributed by atoms with van der Waals surface area (Å²) < 4.78 is 15.5. The molecular weight excluding hydrogens is 343 g/mol. The number of aromatic nitrogens is 2. The number of likely N-dealkylation sites (tertiary alicyclic amines) is 1. The number of carbonyl (C=O) groups is 1. The number of nitrogens with zero attached hydrogens (tertiary/aromatic N) is 4. The molecule has 1 aliphatic rings. The summed E-state index contributed by atoms with van der Waals surface area (Å²) in [4.78, 5) is 16.8. The van der Waals surface area contributed by atoms with Crippen molar-refractivity contribution in [3.8, 4) is 0 Å². The lowest BCUT2D eigenvalue weighted by molar-refractivity contribution is 0.0724. The van der Waals surface area contributed by atoms with Gasteiger partial charge in [0.05, 0.1) is 0 Å². The van der Waals surface area contributed by atoms with Crippen LogP contribution in [0.3, 0.4) is 0 Å². The summed E-state index contributed by atoms with van der Waals surface area (Å²) in [5, 5.41) is 4.29. The van der Waals surface area contributed by atoms with Crippen LogP contribution in [-0.4, -0.2) is 58.7 Å². The van der Waals surface area contributed by atoms with Gasteiger partial charge in [-0.25, -0.2) is 4.39 Å². The zero-order valence-corrected chi connectivity index (χ0v) is 16.5. The van der Waals surface area contributed by atoms with Crippen molar-refractivity contribution >= 4 is 5.91 Å². The van der Waals surface area contributed by atoms with Gasteiger partial charge < -0.3 is 9.80 Å². The van der Waals surface area contributed by atoms with Crippen molar-refractivity contribution in [1.82, 2.24) is 19.6 Å². The summed E-state index contributed by atoms with van der Waals surface area (Å²) >= 11 is 0. The van der Waals surface area contributed by atoms with E-state index in [1.54, 1.807) is 15.6 Å². The molecule has 1 aromatic carbocycles. The van der Waals surface area contributed by atoms with Crippen molar-refractivity contribution < 1.29 is 9.18 Å². The topological polar surface area (TPSA) is 41.4 Å². The van der Waals surface area contributed by atoms with Crippen LogP contribution in [0.4, 0.5) is 4.39 Å². The number of benzene rings is 1. The smallest absolute Gasteiger partial charge is 0.274 e. The monoisotopic (exact) mass is 372 g/mol. The minimum Gasteiger partial charge on any atom is -0.340 e. The molecule has 3 rings (SSSR count). The quantitative estimate of drug-likeness (QED) is 0.783. The number of aryl methyl sites for hydroxylation is 2. The maximum absolute atomic E-state index is 13.8. The maximum atomic E-state index is 13.8. The van der Waals surface area contributed by atoms with E-state index in [9.17, 15) is 9.18 Å². The summed E-state index contributed by atoms with van der Waals surface area (Å²) in [7, 11) is 3.70. The van der Waals surface area contributed by atoms with Crippen LogP contribution in [0.1, 0.15) is 34.6 Å². The van der Waals surface area contributed by atoms with Crippen molar-refractivity contribution in [2.45, 2.75) is 26.2 Å². The van der Waals surface area contributed by atoms with Crippen molar-refractivity contribution in [3.05, 3.63) is 53.1 Å². The molecule has 1 aliphatic heterocycles. The van der Waals surface area contributed by atoms with Gasteiger partial charge in [0.15, 0.2) is 5.69 Å². The van der Waals surface area contributed by atoms with Crippen molar-refractivity contribution in [1.29, 1.82) is 0 Å². The van der Waals surface area contributed by atoms with Gasteiger partial charge >= 0.3 is 0 Å². The molecule has 1 aromatic heterocycles. The van der Waals surface area contributed by atoms with Gasteiger partial charge in [0, 0.05) is 39.4 Å². The van der Waals surface area contributed by atoms with E-state index >= 15 is 0 Å². The van der Waals surface area contributed by atoms with Crippen molar-refractivity contribution in [3.63, 3.8) is 0 Å². The molecule has 2 aromatic rings. The van der Waals surface area contributed by atoms with Crippen LogP contribution < -0.4 is 0 Å². The number of piperidine rings is 1. The number of hydrogen-bond acceptors (Lipinski definition) is 3. The van der Waals surface area contributed by atoms with Crippen LogP contribution in [0.5, 0.6) is 0 Å². The van der Waals surface area contributed by atoms with Gasteiger partial charge in [-0.2, -0.15) is 5.10 Å². The van der Waals surface area contributed by atoms with E-state index in [4.69, 9.17) is 0 Å².